The molecule has 0 aromatic carbocycles. The molecule has 0 amide bonds. The summed E-state index contributed by atoms with van der Waals surface area (Å²) in [7, 11) is 0. The van der Waals surface area contributed by atoms with E-state index in [0.29, 0.717) is 0 Å². The molecule has 0 aromatic heterocycles. The van der Waals surface area contributed by atoms with Gasteiger partial charge in [0.25, 0.3) is 5.09 Å². The average Bonchev–Trinajstić information content (AvgIpc) is 1.33. The Labute approximate surface area is 86.1 Å². The minimum Gasteiger partial charge on any atom is -0.444 e. The molecule has 0 aliphatic rings. The van der Waals surface area contributed by atoms with Crippen LogP contribution in [0.2, 0.25) is 0 Å². The van der Waals surface area contributed by atoms with E-state index >= 15 is 0 Å². The summed E-state index contributed by atoms with van der Waals surface area (Å²) in [5.41, 5.74) is 0. The molecule has 0 rings (SSSR count). The van der Waals surface area contributed by atoms with Crippen LogP contribution in [0.3, 0.4) is 0 Å². The maximum atomic E-state index is 8.36. The molecule has 0 aliphatic heterocycles. The van der Waals surface area contributed by atoms with Crippen LogP contribution >= 0.6 is 0 Å². The molecule has 0 fully saturated rings. The minimum atomic E-state index is -1.50. The zero-order chi connectivity index (χ0) is 6.28. The summed E-state index contributed by atoms with van der Waals surface area (Å²) in [6, 6.07) is 0. The summed E-state index contributed by atoms with van der Waals surface area (Å²) in [6.07, 6.45) is 0. The van der Waals surface area contributed by atoms with Crippen molar-refractivity contribution in [2.45, 2.75) is 0 Å². The van der Waals surface area contributed by atoms with E-state index in [1.54, 1.807) is 0 Å². The molecule has 1 N–H and O–H groups in total. The summed E-state index contributed by atoms with van der Waals surface area (Å²) >= 11 is 0. The maximum absolute atomic E-state index is 8.36. The largest absolute Gasteiger partial charge is 1.00 e. The van der Waals surface area contributed by atoms with Crippen LogP contribution in [0.25, 0.3) is 0 Å². The molecule has 0 radical (unpaired) electrons. The number of hydrogen-bond acceptors (Lipinski definition) is 5. The van der Waals surface area contributed by atoms with Gasteiger partial charge in [-0.05, 0) is 0 Å². The van der Waals surface area contributed by atoms with Crippen molar-refractivity contribution >= 4 is 0 Å². The molecule has 0 spiro atoms. The van der Waals surface area contributed by atoms with Crippen molar-refractivity contribution in [2.24, 2.45) is 5.34 Å². The predicted molar refractivity (Wildman–Crippen MR) is 17.9 cm³/mol. The average molecular weight is 148 g/mol. The van der Waals surface area contributed by atoms with E-state index < -0.39 is 5.09 Å². The molecular weight excluding hydrogens is 147 g/mol. The molecule has 8 heteroatoms. The normalized spacial score (nSPS) is 4.50. The molecular formula is HKN2O5. The molecule has 0 aromatic rings. The standard InChI is InChI=1S/K.HNO3.HNO2/c;2-1(3)4;2-1-3/h;(H,2,3,4);(H,2,3)/q+1;;/p-1. The van der Waals surface area contributed by atoms with E-state index in [0.717, 1.165) is 5.34 Å². The fraction of sp³-hybridized carbons (Fsp3) is 0. The van der Waals surface area contributed by atoms with Crippen LogP contribution in [0.15, 0.2) is 5.34 Å². The van der Waals surface area contributed by atoms with Crippen LogP contribution < -0.4 is 51.4 Å². The molecule has 0 saturated heterocycles. The van der Waals surface area contributed by atoms with Crippen LogP contribution in [-0.4, -0.2) is 10.3 Å². The van der Waals surface area contributed by atoms with Gasteiger partial charge in [-0.3, -0.25) is 0 Å². The third-order valence-corrected chi connectivity index (χ3v) is 0. The summed E-state index contributed by atoms with van der Waals surface area (Å²) < 4.78 is 0. The first-order valence-electron chi connectivity index (χ1n) is 0.930. The van der Waals surface area contributed by atoms with Gasteiger partial charge in [0.05, 0.1) is 0 Å². The zero-order valence-corrected chi connectivity index (χ0v) is 7.10. The van der Waals surface area contributed by atoms with Crippen molar-refractivity contribution in [1.29, 1.82) is 0 Å². The first-order chi connectivity index (χ1) is 3.15. The van der Waals surface area contributed by atoms with Crippen LogP contribution in [0.5, 0.6) is 0 Å². The molecule has 0 aliphatic carbocycles. The molecule has 8 heavy (non-hydrogen) atoms. The Bertz CT molecular complexity index is 57.4. The van der Waals surface area contributed by atoms with Gasteiger partial charge >= 0.3 is 51.4 Å². The Morgan fingerprint density at radius 1 is 1.62 bits per heavy atom. The van der Waals surface area contributed by atoms with E-state index in [9.17, 15) is 0 Å². The molecule has 0 unspecified atom stereocenters. The van der Waals surface area contributed by atoms with E-state index in [1.807, 2.05) is 0 Å². The quantitative estimate of drug-likeness (QED) is 0.169. The topological polar surface area (TPSA) is 116 Å². The monoisotopic (exact) mass is 148 g/mol. The van der Waals surface area contributed by atoms with Crippen molar-refractivity contribution in [3.8, 4) is 0 Å². The van der Waals surface area contributed by atoms with Gasteiger partial charge < -0.3 is 15.3 Å². The van der Waals surface area contributed by atoms with Crippen LogP contribution in [0, 0.1) is 20.2 Å². The van der Waals surface area contributed by atoms with Gasteiger partial charge in [-0.15, -0.1) is 15.5 Å². The van der Waals surface area contributed by atoms with Crippen molar-refractivity contribution in [3.63, 3.8) is 0 Å². The van der Waals surface area contributed by atoms with Crippen LogP contribution in [-0.2, 0) is 0 Å². The molecule has 0 heterocycles. The smallest absolute Gasteiger partial charge is 0.444 e. The fourth-order valence-corrected chi connectivity index (χ4v) is 0. The number of rotatable bonds is 0. The van der Waals surface area contributed by atoms with E-state index in [1.165, 1.54) is 0 Å². The van der Waals surface area contributed by atoms with Gasteiger partial charge in [0.2, 0.25) is 0 Å². The first kappa shape index (κ1) is 15.7. The van der Waals surface area contributed by atoms with Gasteiger partial charge in [-0.1, -0.05) is 0 Å². The second-order valence-corrected chi connectivity index (χ2v) is 0.312. The predicted octanol–water partition coefficient (Wildman–Crippen LogP) is -3.09. The summed E-state index contributed by atoms with van der Waals surface area (Å²) in [5.74, 6) is 0. The molecule has 0 atom stereocenters. The van der Waals surface area contributed by atoms with Crippen molar-refractivity contribution < 1.29 is 61.7 Å². The van der Waals surface area contributed by atoms with Gasteiger partial charge in [-0.25, -0.2) is 0 Å². The first-order valence-corrected chi connectivity index (χ1v) is 0.930. The van der Waals surface area contributed by atoms with Crippen molar-refractivity contribution in [3.05, 3.63) is 20.2 Å². The van der Waals surface area contributed by atoms with E-state index in [2.05, 4.69) is 0 Å². The summed E-state index contributed by atoms with van der Waals surface area (Å²) in [5, 5.41) is 22.6. The SMILES string of the molecule is O=N[O-].O=[N+]([O-])O.[K+]. The molecule has 7 nitrogen and oxygen atoms in total. The minimum absolute atomic E-state index is 0. The maximum Gasteiger partial charge on any atom is 1.00 e. The molecule has 0 bridgehead atoms. The fourth-order valence-electron chi connectivity index (χ4n) is 0. The Kier molecular flexibility index (Phi) is 30.8. The third-order valence-electron chi connectivity index (χ3n) is 0. The second-order valence-electron chi connectivity index (χ2n) is 0.312. The van der Waals surface area contributed by atoms with E-state index in [-0.39, 0.29) is 51.4 Å². The number of nitrogens with zero attached hydrogens (tertiary/aromatic N) is 2. The van der Waals surface area contributed by atoms with Gasteiger partial charge in [0.15, 0.2) is 0 Å². The van der Waals surface area contributed by atoms with Crippen LogP contribution in [0.4, 0.5) is 0 Å². The summed E-state index contributed by atoms with van der Waals surface area (Å²) in [4.78, 5) is 16.4. The molecule has 0 saturated carbocycles. The number of hydrogen-bond donors (Lipinski definition) is 1. The Morgan fingerprint density at radius 2 is 1.62 bits per heavy atom. The second kappa shape index (κ2) is 15.7. The van der Waals surface area contributed by atoms with Gasteiger partial charge in [-0.2, -0.15) is 0 Å². The van der Waals surface area contributed by atoms with Crippen LogP contribution in [0.1, 0.15) is 0 Å². The van der Waals surface area contributed by atoms with Gasteiger partial charge in [0.1, 0.15) is 0 Å². The van der Waals surface area contributed by atoms with E-state index in [4.69, 9.17) is 25.4 Å². The third kappa shape index (κ3) is 3060. The Hall–Kier alpha value is 0.236. The zero-order valence-electron chi connectivity index (χ0n) is 3.97. The van der Waals surface area contributed by atoms with Gasteiger partial charge in [0, 0.05) is 0 Å². The Morgan fingerprint density at radius 3 is 1.62 bits per heavy atom. The summed E-state index contributed by atoms with van der Waals surface area (Å²) in [6.45, 7) is 0. The Balaban J connectivity index is -0.0000000575. The van der Waals surface area contributed by atoms with Crippen molar-refractivity contribution in [2.75, 3.05) is 0 Å². The van der Waals surface area contributed by atoms with Crippen molar-refractivity contribution in [1.82, 2.24) is 0 Å². The molecule has 42 valence electrons.